The normalized spacial score (nSPS) is 10.6. The van der Waals surface area contributed by atoms with E-state index >= 15 is 0 Å². The molecule has 0 spiro atoms. The van der Waals surface area contributed by atoms with E-state index in [1.165, 1.54) is 22.3 Å². The van der Waals surface area contributed by atoms with Crippen LogP contribution in [0.1, 0.15) is 33.9 Å². The van der Waals surface area contributed by atoms with Crippen LogP contribution in [0.2, 0.25) is 0 Å². The molecule has 6 aromatic rings. The lowest BCUT2D eigenvalue weighted by Crippen LogP contribution is -2.06. The fraction of sp³-hybridized carbons (Fsp3) is 0.125. The van der Waals surface area contributed by atoms with Gasteiger partial charge in [-0.2, -0.15) is 10.2 Å². The highest BCUT2D eigenvalue weighted by Crippen LogP contribution is 2.12. The zero-order valence-electron chi connectivity index (χ0n) is 22.0. The van der Waals surface area contributed by atoms with Crippen LogP contribution in [0.3, 0.4) is 0 Å². The lowest BCUT2D eigenvalue weighted by atomic mass is 10.1. The molecule has 0 radical (unpaired) electrons. The molecule has 0 bridgehead atoms. The largest absolute Gasteiger partial charge is 0.299 e. The average molecular weight is 563 g/mol. The van der Waals surface area contributed by atoms with E-state index in [4.69, 9.17) is 24.4 Å². The van der Waals surface area contributed by atoms with Crippen LogP contribution in [-0.2, 0) is 25.9 Å². The summed E-state index contributed by atoms with van der Waals surface area (Å²) in [6, 6.07) is 41.2. The molecule has 2 heterocycles. The third-order valence-electron chi connectivity index (χ3n) is 6.45. The molecule has 0 atom stereocenters. The Hall–Kier alpha value is -4.40. The van der Waals surface area contributed by atoms with E-state index in [1.54, 1.807) is 0 Å². The van der Waals surface area contributed by atoms with E-state index < -0.39 is 0 Å². The summed E-state index contributed by atoms with van der Waals surface area (Å²) in [7, 11) is 0. The summed E-state index contributed by atoms with van der Waals surface area (Å²) in [4.78, 5) is 0. The van der Waals surface area contributed by atoms with Crippen molar-refractivity contribution in [1.82, 2.24) is 29.5 Å². The van der Waals surface area contributed by atoms with Gasteiger partial charge in [0.25, 0.3) is 0 Å². The predicted molar refractivity (Wildman–Crippen MR) is 164 cm³/mol. The summed E-state index contributed by atoms with van der Waals surface area (Å²) in [6.45, 7) is 1.50. The van der Waals surface area contributed by atoms with E-state index in [0.717, 1.165) is 37.6 Å². The second-order valence-electron chi connectivity index (χ2n) is 9.36. The minimum atomic E-state index is 0.666. The molecule has 0 fully saturated rings. The number of hydrogen-bond donors (Lipinski definition) is 2. The minimum absolute atomic E-state index is 0.666. The van der Waals surface area contributed by atoms with Crippen molar-refractivity contribution in [2.24, 2.45) is 0 Å². The van der Waals surface area contributed by atoms with Gasteiger partial charge >= 0.3 is 0 Å². The number of nitrogens with zero attached hydrogens (tertiary/aromatic N) is 4. The number of hydrogen-bond acceptors (Lipinski definition) is 4. The maximum atomic E-state index is 5.33. The van der Waals surface area contributed by atoms with Gasteiger partial charge in [0.05, 0.1) is 13.1 Å². The Bertz CT molecular complexity index is 1590. The zero-order chi connectivity index (χ0) is 27.6. The van der Waals surface area contributed by atoms with Crippen LogP contribution in [0.25, 0.3) is 0 Å². The summed E-state index contributed by atoms with van der Waals surface area (Å²) >= 11 is 10.7. The molecule has 2 N–H and O–H groups in total. The first-order chi connectivity index (χ1) is 19.7. The molecule has 0 saturated heterocycles. The van der Waals surface area contributed by atoms with Crippen molar-refractivity contribution in [3.05, 3.63) is 165 Å². The van der Waals surface area contributed by atoms with Crippen molar-refractivity contribution in [2.45, 2.75) is 25.9 Å². The first kappa shape index (κ1) is 27.2. The van der Waals surface area contributed by atoms with Crippen LogP contribution in [0.15, 0.2) is 121 Å². The van der Waals surface area contributed by atoms with Crippen molar-refractivity contribution in [3.63, 3.8) is 0 Å². The van der Waals surface area contributed by atoms with E-state index in [2.05, 4.69) is 78.1 Å². The maximum Gasteiger partial charge on any atom is 0.195 e. The Morgan fingerprint density at radius 2 is 0.750 bits per heavy atom. The smallest absolute Gasteiger partial charge is 0.195 e. The van der Waals surface area contributed by atoms with Crippen LogP contribution >= 0.6 is 24.4 Å². The molecule has 6 nitrogen and oxygen atoms in total. The van der Waals surface area contributed by atoms with Gasteiger partial charge in [-0.1, -0.05) is 121 Å². The topological polar surface area (TPSA) is 67.2 Å². The summed E-state index contributed by atoms with van der Waals surface area (Å²) in [6.07, 6.45) is 1.56. The predicted octanol–water partition coefficient (Wildman–Crippen LogP) is 7.16. The van der Waals surface area contributed by atoms with Crippen LogP contribution < -0.4 is 0 Å². The third-order valence-corrected chi connectivity index (χ3v) is 7.08. The molecule has 8 heteroatoms. The summed E-state index contributed by atoms with van der Waals surface area (Å²) in [5.74, 6) is 1.93. The van der Waals surface area contributed by atoms with Crippen molar-refractivity contribution >= 4 is 24.4 Å². The van der Waals surface area contributed by atoms with Crippen LogP contribution in [-0.4, -0.2) is 29.5 Å². The molecule has 0 unspecified atom stereocenters. The molecule has 4 aromatic carbocycles. The standard InChI is InChI=1S/2C16H15N3S/c2*20-16-18-17-15(11-13-7-3-1-4-8-13)19(16)12-14-9-5-2-6-10-14/h2*1-10H,11-12H2,(H,18,20). The fourth-order valence-electron chi connectivity index (χ4n) is 4.39. The van der Waals surface area contributed by atoms with Crippen molar-refractivity contribution in [2.75, 3.05) is 0 Å². The zero-order valence-corrected chi connectivity index (χ0v) is 23.6. The lowest BCUT2D eigenvalue weighted by molar-refractivity contribution is 0.732. The molecule has 6 rings (SSSR count). The van der Waals surface area contributed by atoms with E-state index in [1.807, 2.05) is 72.8 Å². The molecule has 0 aliphatic heterocycles. The van der Waals surface area contributed by atoms with Gasteiger partial charge in [0, 0.05) is 12.8 Å². The Morgan fingerprint density at radius 3 is 1.07 bits per heavy atom. The van der Waals surface area contributed by atoms with E-state index in [-0.39, 0.29) is 0 Å². The summed E-state index contributed by atoms with van der Waals surface area (Å²) in [5, 5.41) is 14.5. The first-order valence-corrected chi connectivity index (χ1v) is 13.9. The number of aromatic amines is 2. The molecule has 0 aliphatic carbocycles. The molecule has 0 amide bonds. The monoisotopic (exact) mass is 562 g/mol. The van der Waals surface area contributed by atoms with Gasteiger partial charge in [-0.15, -0.1) is 0 Å². The fourth-order valence-corrected chi connectivity index (χ4v) is 4.82. The lowest BCUT2D eigenvalue weighted by Gasteiger charge is -2.07. The van der Waals surface area contributed by atoms with Gasteiger partial charge in [0.1, 0.15) is 11.6 Å². The summed E-state index contributed by atoms with van der Waals surface area (Å²) in [5.41, 5.74) is 4.91. The van der Waals surface area contributed by atoms with Gasteiger partial charge in [0.15, 0.2) is 9.54 Å². The van der Waals surface area contributed by atoms with Crippen molar-refractivity contribution in [1.29, 1.82) is 0 Å². The Morgan fingerprint density at radius 1 is 0.450 bits per heavy atom. The SMILES string of the molecule is S=c1[nH]nc(Cc2ccccc2)n1Cc1ccccc1.S=c1[nH]nc(Cc2ccccc2)n1Cc1ccccc1. The second-order valence-corrected chi connectivity index (χ2v) is 10.1. The highest BCUT2D eigenvalue weighted by Gasteiger charge is 2.08. The number of benzene rings is 4. The number of nitrogens with one attached hydrogen (secondary N) is 2. The highest BCUT2D eigenvalue weighted by molar-refractivity contribution is 7.71. The van der Waals surface area contributed by atoms with Crippen molar-refractivity contribution in [3.8, 4) is 0 Å². The maximum absolute atomic E-state index is 5.33. The molecule has 200 valence electrons. The number of aromatic nitrogens is 6. The molecule has 0 aliphatic rings. The Labute approximate surface area is 244 Å². The molecule has 2 aromatic heterocycles. The second kappa shape index (κ2) is 13.6. The quantitative estimate of drug-likeness (QED) is 0.193. The average Bonchev–Trinajstić information content (AvgIpc) is 3.52. The van der Waals surface area contributed by atoms with E-state index in [9.17, 15) is 0 Å². The molecule has 0 saturated carbocycles. The number of rotatable bonds is 8. The van der Waals surface area contributed by atoms with Crippen LogP contribution in [0.4, 0.5) is 0 Å². The Kier molecular flexibility index (Phi) is 9.24. The Balaban J connectivity index is 0.000000161. The van der Waals surface area contributed by atoms with Crippen LogP contribution in [0, 0.1) is 9.54 Å². The van der Waals surface area contributed by atoms with Gasteiger partial charge < -0.3 is 0 Å². The van der Waals surface area contributed by atoms with Gasteiger partial charge in [-0.05, 0) is 46.7 Å². The first-order valence-electron chi connectivity index (χ1n) is 13.1. The molecule has 40 heavy (non-hydrogen) atoms. The van der Waals surface area contributed by atoms with E-state index in [0.29, 0.717) is 9.54 Å². The van der Waals surface area contributed by atoms with Gasteiger partial charge in [-0.3, -0.25) is 19.3 Å². The summed E-state index contributed by atoms with van der Waals surface area (Å²) < 4.78 is 5.44. The van der Waals surface area contributed by atoms with Gasteiger partial charge in [0.2, 0.25) is 0 Å². The van der Waals surface area contributed by atoms with Gasteiger partial charge in [-0.25, -0.2) is 0 Å². The van der Waals surface area contributed by atoms with Crippen molar-refractivity contribution < 1.29 is 0 Å². The molecular weight excluding hydrogens is 533 g/mol. The molecular formula is C32H30N6S2. The highest BCUT2D eigenvalue weighted by atomic mass is 32.1. The van der Waals surface area contributed by atoms with Crippen LogP contribution in [0.5, 0.6) is 0 Å². The number of H-pyrrole nitrogens is 2. The third kappa shape index (κ3) is 7.37. The minimum Gasteiger partial charge on any atom is -0.299 e.